The number of nitrogens with two attached hydrogens (primary N) is 1. The van der Waals surface area contributed by atoms with E-state index in [1.54, 1.807) is 7.11 Å². The molecule has 2 aromatic carbocycles. The molecular weight excluding hydrogens is 316 g/mol. The first-order valence-electron chi connectivity index (χ1n) is 8.52. The summed E-state index contributed by atoms with van der Waals surface area (Å²) in [5.74, 6) is 1.38. The number of carbonyl (C=O) groups excluding carboxylic acids is 1. The van der Waals surface area contributed by atoms with E-state index in [-0.39, 0.29) is 5.91 Å². The number of methoxy groups -OCH3 is 1. The van der Waals surface area contributed by atoms with Crippen molar-refractivity contribution in [2.45, 2.75) is 19.4 Å². The van der Waals surface area contributed by atoms with E-state index >= 15 is 0 Å². The summed E-state index contributed by atoms with van der Waals surface area (Å²) in [7, 11) is 1.60. The highest BCUT2D eigenvalue weighted by Crippen LogP contribution is 2.25. The maximum absolute atomic E-state index is 12.6. The van der Waals surface area contributed by atoms with E-state index < -0.39 is 0 Å². The van der Waals surface area contributed by atoms with Gasteiger partial charge in [0.05, 0.1) is 20.1 Å². The number of amides is 1. The first kappa shape index (κ1) is 18.8. The third-order valence-electron chi connectivity index (χ3n) is 3.84. The second-order valence-electron chi connectivity index (χ2n) is 5.69. The first-order valence-corrected chi connectivity index (χ1v) is 8.52. The summed E-state index contributed by atoms with van der Waals surface area (Å²) >= 11 is 0. The summed E-state index contributed by atoms with van der Waals surface area (Å²) in [6, 6.07) is 17.4. The minimum absolute atomic E-state index is 0.0622. The van der Waals surface area contributed by atoms with Crippen LogP contribution >= 0.6 is 0 Å². The van der Waals surface area contributed by atoms with Crippen molar-refractivity contribution in [3.63, 3.8) is 0 Å². The molecule has 0 radical (unpaired) electrons. The molecule has 5 nitrogen and oxygen atoms in total. The summed E-state index contributed by atoms with van der Waals surface area (Å²) in [6.45, 7) is 2.12. The Morgan fingerprint density at radius 2 is 1.72 bits per heavy atom. The lowest BCUT2D eigenvalue weighted by molar-refractivity contribution is -0.132. The van der Waals surface area contributed by atoms with Crippen molar-refractivity contribution in [2.24, 2.45) is 5.73 Å². The van der Waals surface area contributed by atoms with Gasteiger partial charge in [-0.05, 0) is 30.7 Å². The molecular formula is C20H26N2O3. The van der Waals surface area contributed by atoms with E-state index in [2.05, 4.69) is 0 Å². The molecule has 25 heavy (non-hydrogen) atoms. The highest BCUT2D eigenvalue weighted by molar-refractivity contribution is 5.76. The molecule has 0 heterocycles. The van der Waals surface area contributed by atoms with Gasteiger partial charge >= 0.3 is 0 Å². The van der Waals surface area contributed by atoms with Gasteiger partial charge < -0.3 is 20.1 Å². The predicted molar refractivity (Wildman–Crippen MR) is 98.6 cm³/mol. The smallest absolute Gasteiger partial charge is 0.226 e. The van der Waals surface area contributed by atoms with E-state index in [1.807, 2.05) is 59.5 Å². The SMILES string of the molecule is COc1ccccc1OCCC(=O)N(CCCN)Cc1ccccc1. The van der Waals surface area contributed by atoms with Crippen LogP contribution in [0.1, 0.15) is 18.4 Å². The first-order chi connectivity index (χ1) is 12.2. The molecule has 0 fully saturated rings. The van der Waals surface area contributed by atoms with Gasteiger partial charge in [-0.2, -0.15) is 0 Å². The highest BCUT2D eigenvalue weighted by Gasteiger charge is 2.14. The van der Waals surface area contributed by atoms with Crippen molar-refractivity contribution in [3.8, 4) is 11.5 Å². The number of carbonyl (C=O) groups is 1. The van der Waals surface area contributed by atoms with Crippen molar-refractivity contribution in [3.05, 3.63) is 60.2 Å². The van der Waals surface area contributed by atoms with Gasteiger partial charge in [0.2, 0.25) is 5.91 Å². The monoisotopic (exact) mass is 342 g/mol. The fourth-order valence-electron chi connectivity index (χ4n) is 2.52. The van der Waals surface area contributed by atoms with Crippen LogP contribution in [0.2, 0.25) is 0 Å². The van der Waals surface area contributed by atoms with Gasteiger partial charge in [0, 0.05) is 13.1 Å². The normalized spacial score (nSPS) is 10.3. The Labute approximate surface area is 149 Å². The lowest BCUT2D eigenvalue weighted by Gasteiger charge is -2.23. The van der Waals surface area contributed by atoms with Crippen LogP contribution in [0.5, 0.6) is 11.5 Å². The van der Waals surface area contributed by atoms with Gasteiger partial charge in [0.25, 0.3) is 0 Å². The molecule has 0 unspecified atom stereocenters. The van der Waals surface area contributed by atoms with Crippen molar-refractivity contribution in [2.75, 3.05) is 26.8 Å². The minimum Gasteiger partial charge on any atom is -0.493 e. The van der Waals surface area contributed by atoms with Crippen molar-refractivity contribution in [1.82, 2.24) is 4.90 Å². The average molecular weight is 342 g/mol. The summed E-state index contributed by atoms with van der Waals surface area (Å²) in [4.78, 5) is 14.4. The standard InChI is InChI=1S/C20H26N2O3/c1-24-18-10-5-6-11-19(18)25-15-12-20(23)22(14-7-13-21)16-17-8-3-2-4-9-17/h2-6,8-11H,7,12-16,21H2,1H3. The Hall–Kier alpha value is -2.53. The van der Waals surface area contributed by atoms with Crippen LogP contribution in [0.3, 0.4) is 0 Å². The Morgan fingerprint density at radius 1 is 1.04 bits per heavy atom. The molecule has 0 atom stereocenters. The Morgan fingerprint density at radius 3 is 2.40 bits per heavy atom. The lowest BCUT2D eigenvalue weighted by atomic mass is 10.2. The zero-order valence-corrected chi connectivity index (χ0v) is 14.7. The van der Waals surface area contributed by atoms with Crippen LogP contribution in [-0.4, -0.2) is 37.6 Å². The number of ether oxygens (including phenoxy) is 2. The fourth-order valence-corrected chi connectivity index (χ4v) is 2.52. The molecule has 2 aromatic rings. The summed E-state index contributed by atoms with van der Waals surface area (Å²) in [5.41, 5.74) is 6.71. The van der Waals surface area contributed by atoms with Crippen LogP contribution in [0.4, 0.5) is 0 Å². The molecule has 0 spiro atoms. The zero-order chi connectivity index (χ0) is 17.9. The van der Waals surface area contributed by atoms with Crippen molar-refractivity contribution >= 4 is 5.91 Å². The van der Waals surface area contributed by atoms with Crippen LogP contribution < -0.4 is 15.2 Å². The van der Waals surface area contributed by atoms with E-state index in [9.17, 15) is 4.79 Å². The van der Waals surface area contributed by atoms with E-state index in [0.29, 0.717) is 44.2 Å². The van der Waals surface area contributed by atoms with E-state index in [0.717, 1.165) is 12.0 Å². The molecule has 2 N–H and O–H groups in total. The number of rotatable bonds is 10. The second kappa shape index (κ2) is 10.4. The minimum atomic E-state index is 0.0622. The van der Waals surface area contributed by atoms with E-state index in [1.165, 1.54) is 0 Å². The summed E-state index contributed by atoms with van der Waals surface area (Å²) < 4.78 is 11.0. The van der Waals surface area contributed by atoms with Gasteiger partial charge in [-0.15, -0.1) is 0 Å². The molecule has 1 amide bonds. The van der Waals surface area contributed by atoms with Gasteiger partial charge in [0.15, 0.2) is 11.5 Å². The molecule has 0 saturated carbocycles. The Balaban J connectivity index is 1.90. The third-order valence-corrected chi connectivity index (χ3v) is 3.84. The molecule has 0 aromatic heterocycles. The molecule has 0 aliphatic carbocycles. The maximum atomic E-state index is 12.6. The van der Waals surface area contributed by atoms with Crippen molar-refractivity contribution in [1.29, 1.82) is 0 Å². The topological polar surface area (TPSA) is 64.8 Å². The fraction of sp³-hybridized carbons (Fsp3) is 0.350. The van der Waals surface area contributed by atoms with Gasteiger partial charge in [-0.3, -0.25) is 4.79 Å². The number of hydrogen-bond acceptors (Lipinski definition) is 4. The third kappa shape index (κ3) is 6.12. The maximum Gasteiger partial charge on any atom is 0.226 e. The van der Waals surface area contributed by atoms with Gasteiger partial charge in [-0.1, -0.05) is 42.5 Å². The molecule has 134 valence electrons. The predicted octanol–water partition coefficient (Wildman–Crippen LogP) is 2.84. The molecule has 2 rings (SSSR count). The molecule has 0 saturated heterocycles. The van der Waals surface area contributed by atoms with E-state index in [4.69, 9.17) is 15.2 Å². The second-order valence-corrected chi connectivity index (χ2v) is 5.69. The lowest BCUT2D eigenvalue weighted by Crippen LogP contribution is -2.33. The number of nitrogens with zero attached hydrogens (tertiary/aromatic N) is 1. The summed E-state index contributed by atoms with van der Waals surface area (Å²) in [5, 5.41) is 0. The Kier molecular flexibility index (Phi) is 7.79. The summed E-state index contributed by atoms with van der Waals surface area (Å²) in [6.07, 6.45) is 1.10. The molecule has 0 aliphatic heterocycles. The van der Waals surface area contributed by atoms with Crippen LogP contribution in [0.25, 0.3) is 0 Å². The average Bonchev–Trinajstić information content (AvgIpc) is 2.66. The highest BCUT2D eigenvalue weighted by atomic mass is 16.5. The quantitative estimate of drug-likeness (QED) is 0.721. The zero-order valence-electron chi connectivity index (χ0n) is 14.7. The molecule has 5 heteroatoms. The number of hydrogen-bond donors (Lipinski definition) is 1. The van der Waals surface area contributed by atoms with Gasteiger partial charge in [-0.25, -0.2) is 0 Å². The Bertz CT molecular complexity index is 646. The van der Waals surface area contributed by atoms with Gasteiger partial charge in [0.1, 0.15) is 0 Å². The molecule has 0 bridgehead atoms. The van der Waals surface area contributed by atoms with Crippen LogP contribution in [0.15, 0.2) is 54.6 Å². The van der Waals surface area contributed by atoms with Crippen LogP contribution in [-0.2, 0) is 11.3 Å². The van der Waals surface area contributed by atoms with Crippen molar-refractivity contribution < 1.29 is 14.3 Å². The van der Waals surface area contributed by atoms with Crippen LogP contribution in [0, 0.1) is 0 Å². The number of para-hydroxylation sites is 2. The number of benzene rings is 2. The molecule has 0 aliphatic rings. The largest absolute Gasteiger partial charge is 0.493 e.